The van der Waals surface area contributed by atoms with Gasteiger partial charge < -0.3 is 10.1 Å². The van der Waals surface area contributed by atoms with E-state index in [1.165, 1.54) is 0 Å². The Labute approximate surface area is 96.0 Å². The molecule has 0 aliphatic carbocycles. The van der Waals surface area contributed by atoms with Crippen molar-refractivity contribution < 1.29 is 14.3 Å². The SMILES string of the molecule is C=CC(=O)OC1CC(C)(C)NC(C)(C)C1=O. The van der Waals surface area contributed by atoms with Crippen LogP contribution in [0.5, 0.6) is 0 Å². The quantitative estimate of drug-likeness (QED) is 0.567. The van der Waals surface area contributed by atoms with Crippen LogP contribution in [0.25, 0.3) is 0 Å². The largest absolute Gasteiger partial charge is 0.451 e. The predicted molar refractivity (Wildman–Crippen MR) is 61.0 cm³/mol. The second-order valence-corrected chi connectivity index (χ2v) is 5.33. The summed E-state index contributed by atoms with van der Waals surface area (Å²) in [7, 11) is 0. The number of hydrogen-bond acceptors (Lipinski definition) is 4. The highest BCUT2D eigenvalue weighted by molar-refractivity contribution is 5.95. The van der Waals surface area contributed by atoms with Crippen LogP contribution in [0.4, 0.5) is 0 Å². The van der Waals surface area contributed by atoms with E-state index in [0.717, 1.165) is 6.08 Å². The number of nitrogens with one attached hydrogen (secondary N) is 1. The Morgan fingerprint density at radius 3 is 2.56 bits per heavy atom. The van der Waals surface area contributed by atoms with Crippen LogP contribution < -0.4 is 5.32 Å². The van der Waals surface area contributed by atoms with Crippen molar-refractivity contribution in [3.05, 3.63) is 12.7 Å². The van der Waals surface area contributed by atoms with Gasteiger partial charge in [-0.1, -0.05) is 6.58 Å². The minimum Gasteiger partial charge on any atom is -0.451 e. The number of Topliss-reactive ketones (excluding diaryl/α,β-unsaturated/α-hetero) is 1. The summed E-state index contributed by atoms with van der Waals surface area (Å²) < 4.78 is 5.08. The van der Waals surface area contributed by atoms with Crippen LogP contribution in [-0.2, 0) is 14.3 Å². The molecule has 1 unspecified atom stereocenters. The molecule has 0 aromatic heterocycles. The normalized spacial score (nSPS) is 27.2. The van der Waals surface area contributed by atoms with E-state index in [4.69, 9.17) is 4.74 Å². The van der Waals surface area contributed by atoms with Gasteiger partial charge in [-0.05, 0) is 27.7 Å². The predicted octanol–water partition coefficient (Wildman–Crippen LogP) is 1.20. The Kier molecular flexibility index (Phi) is 3.24. The molecule has 0 aromatic rings. The fraction of sp³-hybridized carbons (Fsp3) is 0.667. The minimum atomic E-state index is -0.684. The van der Waals surface area contributed by atoms with Crippen LogP contribution in [0.2, 0.25) is 0 Å². The Hall–Kier alpha value is -1.16. The van der Waals surface area contributed by atoms with Gasteiger partial charge in [0.15, 0.2) is 11.9 Å². The molecule has 1 atom stereocenters. The summed E-state index contributed by atoms with van der Waals surface area (Å²) in [5.41, 5.74) is -0.905. The molecule has 4 nitrogen and oxygen atoms in total. The molecule has 4 heteroatoms. The molecule has 1 fully saturated rings. The Morgan fingerprint density at radius 1 is 1.50 bits per heavy atom. The lowest BCUT2D eigenvalue weighted by molar-refractivity contribution is -0.157. The smallest absolute Gasteiger partial charge is 0.330 e. The van der Waals surface area contributed by atoms with Crippen molar-refractivity contribution in [2.24, 2.45) is 0 Å². The number of ketones is 1. The summed E-state index contributed by atoms with van der Waals surface area (Å²) in [4.78, 5) is 23.1. The molecule has 16 heavy (non-hydrogen) atoms. The fourth-order valence-corrected chi connectivity index (χ4v) is 2.20. The zero-order valence-corrected chi connectivity index (χ0v) is 10.3. The molecule has 0 bridgehead atoms. The lowest BCUT2D eigenvalue weighted by atomic mass is 9.80. The zero-order chi connectivity index (χ0) is 12.6. The first kappa shape index (κ1) is 12.9. The molecule has 0 saturated carbocycles. The van der Waals surface area contributed by atoms with E-state index in [9.17, 15) is 9.59 Å². The molecule has 1 rings (SSSR count). The van der Waals surface area contributed by atoms with Crippen LogP contribution in [0.3, 0.4) is 0 Å². The van der Waals surface area contributed by atoms with E-state index in [2.05, 4.69) is 11.9 Å². The van der Waals surface area contributed by atoms with Crippen molar-refractivity contribution in [2.45, 2.75) is 51.3 Å². The van der Waals surface area contributed by atoms with Gasteiger partial charge in [-0.3, -0.25) is 4.79 Å². The number of piperidine rings is 1. The number of carbonyl (C=O) groups is 2. The average Bonchev–Trinajstić information content (AvgIpc) is 2.11. The lowest BCUT2D eigenvalue weighted by Gasteiger charge is -2.44. The minimum absolute atomic E-state index is 0.0953. The van der Waals surface area contributed by atoms with Gasteiger partial charge in [0.1, 0.15) is 0 Å². The highest BCUT2D eigenvalue weighted by atomic mass is 16.5. The van der Waals surface area contributed by atoms with Gasteiger partial charge in [0.2, 0.25) is 0 Å². The standard InChI is InChI=1S/C12H19NO3/c1-6-9(14)16-8-7-11(2,3)13-12(4,5)10(8)15/h6,8,13H,1,7H2,2-5H3. The van der Waals surface area contributed by atoms with Crippen molar-refractivity contribution in [1.82, 2.24) is 5.32 Å². The van der Waals surface area contributed by atoms with Crippen LogP contribution in [0.15, 0.2) is 12.7 Å². The highest BCUT2D eigenvalue weighted by Crippen LogP contribution is 2.27. The Balaban J connectivity index is 2.87. The van der Waals surface area contributed by atoms with Gasteiger partial charge in [0.25, 0.3) is 0 Å². The maximum absolute atomic E-state index is 12.0. The van der Waals surface area contributed by atoms with E-state index in [-0.39, 0.29) is 11.3 Å². The summed E-state index contributed by atoms with van der Waals surface area (Å²) in [5.74, 6) is -0.645. The second kappa shape index (κ2) is 4.01. The van der Waals surface area contributed by atoms with Gasteiger partial charge in [-0.15, -0.1) is 0 Å². The first-order valence-electron chi connectivity index (χ1n) is 5.35. The fourth-order valence-electron chi connectivity index (χ4n) is 2.20. The molecule has 1 aliphatic rings. The monoisotopic (exact) mass is 225 g/mol. The van der Waals surface area contributed by atoms with Crippen molar-refractivity contribution in [3.8, 4) is 0 Å². The molecule has 0 spiro atoms. The molecule has 0 radical (unpaired) electrons. The molecule has 90 valence electrons. The Morgan fingerprint density at radius 2 is 2.06 bits per heavy atom. The maximum Gasteiger partial charge on any atom is 0.330 e. The van der Waals surface area contributed by atoms with Gasteiger partial charge in [-0.25, -0.2) is 4.79 Å². The van der Waals surface area contributed by atoms with Crippen molar-refractivity contribution in [2.75, 3.05) is 0 Å². The molecule has 1 heterocycles. The molecular weight excluding hydrogens is 206 g/mol. The van der Waals surface area contributed by atoms with Gasteiger partial charge in [0.05, 0.1) is 5.54 Å². The topological polar surface area (TPSA) is 55.4 Å². The Bertz CT molecular complexity index is 331. The van der Waals surface area contributed by atoms with Crippen LogP contribution in [0, 0.1) is 0 Å². The van der Waals surface area contributed by atoms with Crippen LogP contribution in [0.1, 0.15) is 34.1 Å². The zero-order valence-electron chi connectivity index (χ0n) is 10.3. The van der Waals surface area contributed by atoms with Crippen molar-refractivity contribution in [3.63, 3.8) is 0 Å². The molecular formula is C12H19NO3. The summed E-state index contributed by atoms with van der Waals surface area (Å²) in [6, 6.07) is 0. The number of hydrogen-bond donors (Lipinski definition) is 1. The van der Waals surface area contributed by atoms with E-state index in [0.29, 0.717) is 6.42 Å². The van der Waals surface area contributed by atoms with Gasteiger partial charge in [0, 0.05) is 18.0 Å². The molecule has 1 aliphatic heterocycles. The number of carbonyl (C=O) groups excluding carboxylic acids is 2. The molecule has 0 amide bonds. The average molecular weight is 225 g/mol. The molecule has 1 N–H and O–H groups in total. The first-order valence-corrected chi connectivity index (χ1v) is 5.35. The van der Waals surface area contributed by atoms with Gasteiger partial charge in [-0.2, -0.15) is 0 Å². The number of esters is 1. The summed E-state index contributed by atoms with van der Waals surface area (Å²) in [6.45, 7) is 10.9. The second-order valence-electron chi connectivity index (χ2n) is 5.33. The lowest BCUT2D eigenvalue weighted by Crippen LogP contribution is -2.65. The third-order valence-electron chi connectivity index (χ3n) is 2.68. The maximum atomic E-state index is 12.0. The van der Waals surface area contributed by atoms with Crippen LogP contribution in [-0.4, -0.2) is 28.9 Å². The summed E-state index contributed by atoms with van der Waals surface area (Å²) >= 11 is 0. The van der Waals surface area contributed by atoms with E-state index < -0.39 is 17.6 Å². The van der Waals surface area contributed by atoms with Crippen molar-refractivity contribution >= 4 is 11.8 Å². The summed E-state index contributed by atoms with van der Waals surface area (Å²) in [5, 5.41) is 3.24. The molecule has 0 aromatic carbocycles. The third kappa shape index (κ3) is 2.70. The van der Waals surface area contributed by atoms with E-state index >= 15 is 0 Å². The van der Waals surface area contributed by atoms with E-state index in [1.54, 1.807) is 13.8 Å². The van der Waals surface area contributed by atoms with Crippen LogP contribution >= 0.6 is 0 Å². The van der Waals surface area contributed by atoms with Gasteiger partial charge >= 0.3 is 5.97 Å². The third-order valence-corrected chi connectivity index (χ3v) is 2.68. The highest BCUT2D eigenvalue weighted by Gasteiger charge is 2.46. The number of rotatable bonds is 2. The van der Waals surface area contributed by atoms with E-state index in [1.807, 2.05) is 13.8 Å². The molecule has 1 saturated heterocycles. The van der Waals surface area contributed by atoms with Crippen molar-refractivity contribution in [1.29, 1.82) is 0 Å². The number of ether oxygens (including phenoxy) is 1. The summed E-state index contributed by atoms with van der Waals surface area (Å²) in [6.07, 6.45) is 0.876. The first-order chi connectivity index (χ1) is 7.18.